The Morgan fingerprint density at radius 2 is 2.18 bits per heavy atom. The van der Waals surface area contributed by atoms with Gasteiger partial charge in [-0.3, -0.25) is 9.78 Å². The van der Waals surface area contributed by atoms with Gasteiger partial charge in [-0.15, -0.1) is 0 Å². The van der Waals surface area contributed by atoms with Gasteiger partial charge in [0.15, 0.2) is 0 Å². The Labute approximate surface area is 165 Å². The monoisotopic (exact) mass is 401 g/mol. The van der Waals surface area contributed by atoms with Crippen molar-refractivity contribution in [1.82, 2.24) is 19.9 Å². The fourth-order valence-corrected chi connectivity index (χ4v) is 2.76. The molecule has 7 nitrogen and oxygen atoms in total. The van der Waals surface area contributed by atoms with E-state index < -0.39 is 17.7 Å². The minimum atomic E-state index is -1.63. The SMILES string of the molecule is CC(C)(O)[C@H](F)CNC(=O)c1cnc(-c2ccc3cc(C#N)cnn23)cc1Cl. The van der Waals surface area contributed by atoms with Crippen LogP contribution in [0.1, 0.15) is 29.8 Å². The normalized spacial score (nSPS) is 12.6. The standard InChI is InChI=1S/C19H17ClFN5O2/c1-19(2,28)17(21)10-24-18(27)13-9-23-15(6-14(13)20)16-4-3-12-5-11(7-22)8-25-26(12)16/h3-6,8-9,17,28H,10H2,1-2H3,(H,24,27)/t17-/m1/s1. The van der Waals surface area contributed by atoms with Gasteiger partial charge in [0.25, 0.3) is 5.91 Å². The van der Waals surface area contributed by atoms with Gasteiger partial charge in [0.1, 0.15) is 12.2 Å². The van der Waals surface area contributed by atoms with E-state index in [1.807, 2.05) is 6.07 Å². The average molecular weight is 402 g/mol. The number of nitriles is 1. The summed E-state index contributed by atoms with van der Waals surface area (Å²) < 4.78 is 15.4. The van der Waals surface area contributed by atoms with Crippen molar-refractivity contribution >= 4 is 23.0 Å². The average Bonchev–Trinajstić information content (AvgIpc) is 3.07. The lowest BCUT2D eigenvalue weighted by Gasteiger charge is -2.22. The molecular formula is C19H17ClFN5O2. The molecule has 0 radical (unpaired) electrons. The van der Waals surface area contributed by atoms with Gasteiger partial charge in [0.05, 0.1) is 51.4 Å². The number of rotatable bonds is 5. The molecule has 0 aliphatic carbocycles. The molecule has 3 aromatic heterocycles. The van der Waals surface area contributed by atoms with Crippen molar-refractivity contribution in [2.24, 2.45) is 0 Å². The number of pyridine rings is 1. The predicted octanol–water partition coefficient (Wildman–Crippen LogP) is 2.76. The van der Waals surface area contributed by atoms with Crippen molar-refractivity contribution < 1.29 is 14.3 Å². The zero-order chi connectivity index (χ0) is 20.5. The van der Waals surface area contributed by atoms with Crippen LogP contribution in [0.2, 0.25) is 5.02 Å². The molecule has 9 heteroatoms. The molecule has 0 aliphatic heterocycles. The summed E-state index contributed by atoms with van der Waals surface area (Å²) in [6.45, 7) is 2.29. The van der Waals surface area contributed by atoms with Gasteiger partial charge < -0.3 is 10.4 Å². The largest absolute Gasteiger partial charge is 0.387 e. The molecule has 0 spiro atoms. The van der Waals surface area contributed by atoms with E-state index in [0.29, 0.717) is 17.0 Å². The third-order valence-corrected chi connectivity index (χ3v) is 4.51. The van der Waals surface area contributed by atoms with E-state index in [1.165, 1.54) is 32.3 Å². The zero-order valence-corrected chi connectivity index (χ0v) is 15.9. The van der Waals surface area contributed by atoms with Crippen molar-refractivity contribution in [3.63, 3.8) is 0 Å². The van der Waals surface area contributed by atoms with Gasteiger partial charge in [0, 0.05) is 6.20 Å². The van der Waals surface area contributed by atoms with Gasteiger partial charge in [-0.2, -0.15) is 10.4 Å². The second-order valence-corrected chi connectivity index (χ2v) is 7.20. The highest BCUT2D eigenvalue weighted by Crippen LogP contribution is 2.25. The molecule has 0 saturated carbocycles. The maximum Gasteiger partial charge on any atom is 0.254 e. The Hall–Kier alpha value is -3.02. The Kier molecular flexibility index (Phi) is 5.31. The number of halogens is 2. The molecular weight excluding hydrogens is 385 g/mol. The number of amides is 1. The Balaban J connectivity index is 1.83. The van der Waals surface area contributed by atoms with Crippen LogP contribution in [0.4, 0.5) is 4.39 Å². The van der Waals surface area contributed by atoms with Gasteiger partial charge in [-0.25, -0.2) is 8.91 Å². The number of hydrogen-bond acceptors (Lipinski definition) is 5. The summed E-state index contributed by atoms with van der Waals surface area (Å²) in [5, 5.41) is 25.3. The molecule has 0 aliphatic rings. The van der Waals surface area contributed by atoms with Crippen LogP contribution in [-0.4, -0.2) is 43.9 Å². The van der Waals surface area contributed by atoms with E-state index in [-0.39, 0.29) is 17.1 Å². The van der Waals surface area contributed by atoms with Crippen LogP contribution in [0.3, 0.4) is 0 Å². The smallest absolute Gasteiger partial charge is 0.254 e. The molecule has 1 amide bonds. The second-order valence-electron chi connectivity index (χ2n) is 6.79. The number of nitrogens with one attached hydrogen (secondary N) is 1. The summed E-state index contributed by atoms with van der Waals surface area (Å²) in [6, 6.07) is 8.80. The zero-order valence-electron chi connectivity index (χ0n) is 15.1. The quantitative estimate of drug-likeness (QED) is 0.684. The Morgan fingerprint density at radius 1 is 1.43 bits per heavy atom. The summed E-state index contributed by atoms with van der Waals surface area (Å²) in [6.07, 6.45) is 1.11. The van der Waals surface area contributed by atoms with Crippen LogP contribution in [-0.2, 0) is 0 Å². The summed E-state index contributed by atoms with van der Waals surface area (Å²) in [5.74, 6) is -0.590. The van der Waals surface area contributed by atoms with Gasteiger partial charge >= 0.3 is 0 Å². The number of alkyl halides is 1. The number of carbonyl (C=O) groups is 1. The van der Waals surface area contributed by atoms with Gasteiger partial charge in [0.2, 0.25) is 0 Å². The van der Waals surface area contributed by atoms with Crippen LogP contribution in [0, 0.1) is 11.3 Å². The lowest BCUT2D eigenvalue weighted by Crippen LogP contribution is -2.42. The van der Waals surface area contributed by atoms with Gasteiger partial charge in [-0.1, -0.05) is 11.6 Å². The minimum absolute atomic E-state index is 0.0916. The van der Waals surface area contributed by atoms with Crippen molar-refractivity contribution in [2.45, 2.75) is 25.6 Å². The maximum atomic E-state index is 13.8. The van der Waals surface area contributed by atoms with Crippen LogP contribution in [0.25, 0.3) is 16.9 Å². The van der Waals surface area contributed by atoms with E-state index in [4.69, 9.17) is 16.9 Å². The Bertz CT molecular complexity index is 1080. The van der Waals surface area contributed by atoms with Crippen LogP contribution < -0.4 is 5.32 Å². The lowest BCUT2D eigenvalue weighted by atomic mass is 10.0. The number of aliphatic hydroxyl groups is 1. The van der Waals surface area contributed by atoms with Crippen molar-refractivity contribution in [3.8, 4) is 17.5 Å². The first-order chi connectivity index (χ1) is 13.2. The first-order valence-electron chi connectivity index (χ1n) is 8.39. The third-order valence-electron chi connectivity index (χ3n) is 4.20. The lowest BCUT2D eigenvalue weighted by molar-refractivity contribution is -0.00177. The number of nitrogens with zero attached hydrogens (tertiary/aromatic N) is 4. The fourth-order valence-electron chi connectivity index (χ4n) is 2.52. The number of carbonyl (C=O) groups excluding carboxylic acids is 1. The summed E-state index contributed by atoms with van der Waals surface area (Å²) in [4.78, 5) is 16.5. The number of fused-ring (bicyclic) bond motifs is 1. The highest BCUT2D eigenvalue weighted by Gasteiger charge is 2.27. The van der Waals surface area contributed by atoms with Crippen molar-refractivity contribution in [1.29, 1.82) is 5.26 Å². The minimum Gasteiger partial charge on any atom is -0.387 e. The molecule has 0 unspecified atom stereocenters. The molecule has 1 atom stereocenters. The molecule has 2 N–H and O–H groups in total. The highest BCUT2D eigenvalue weighted by molar-refractivity contribution is 6.34. The van der Waals surface area contributed by atoms with E-state index in [1.54, 1.807) is 22.7 Å². The maximum absolute atomic E-state index is 13.8. The fraction of sp³-hybridized carbons (Fsp3) is 0.263. The third kappa shape index (κ3) is 3.96. The molecule has 0 fully saturated rings. The van der Waals surface area contributed by atoms with Crippen molar-refractivity contribution in [2.75, 3.05) is 6.54 Å². The van der Waals surface area contributed by atoms with Crippen LogP contribution in [0.5, 0.6) is 0 Å². The summed E-state index contributed by atoms with van der Waals surface area (Å²) in [5.41, 5.74) is 0.807. The molecule has 144 valence electrons. The van der Waals surface area contributed by atoms with Crippen molar-refractivity contribution in [3.05, 3.63) is 52.8 Å². The first kappa shape index (κ1) is 19.7. The number of hydrogen-bond donors (Lipinski definition) is 2. The Morgan fingerprint density at radius 3 is 2.82 bits per heavy atom. The second kappa shape index (κ2) is 7.54. The molecule has 3 heterocycles. The van der Waals surface area contributed by atoms with E-state index in [9.17, 15) is 14.3 Å². The topological polar surface area (TPSA) is 103 Å². The molecule has 0 bridgehead atoms. The first-order valence-corrected chi connectivity index (χ1v) is 8.77. The molecule has 28 heavy (non-hydrogen) atoms. The van der Waals surface area contributed by atoms with Gasteiger partial charge in [-0.05, 0) is 38.1 Å². The molecule has 3 rings (SSSR count). The van der Waals surface area contributed by atoms with E-state index >= 15 is 0 Å². The van der Waals surface area contributed by atoms with E-state index in [2.05, 4.69) is 15.4 Å². The molecule has 3 aromatic rings. The summed E-state index contributed by atoms with van der Waals surface area (Å²) in [7, 11) is 0. The summed E-state index contributed by atoms with van der Waals surface area (Å²) >= 11 is 6.23. The van der Waals surface area contributed by atoms with Crippen LogP contribution >= 0.6 is 11.6 Å². The molecule has 0 saturated heterocycles. The predicted molar refractivity (Wildman–Crippen MR) is 102 cm³/mol. The number of aromatic nitrogens is 3. The van der Waals surface area contributed by atoms with Crippen LogP contribution in [0.15, 0.2) is 36.7 Å². The molecule has 0 aromatic carbocycles. The highest BCUT2D eigenvalue weighted by atomic mass is 35.5. The van der Waals surface area contributed by atoms with E-state index in [0.717, 1.165) is 5.52 Å².